The lowest BCUT2D eigenvalue weighted by Gasteiger charge is -2.17. The molecule has 0 spiro atoms. The monoisotopic (exact) mass is 268 g/mol. The zero-order valence-electron chi connectivity index (χ0n) is 11.9. The molecule has 0 bridgehead atoms. The minimum Gasteiger partial charge on any atom is -0.421 e. The molecule has 0 N–H and O–H groups in total. The van der Waals surface area contributed by atoms with Crippen molar-refractivity contribution >= 4 is 6.08 Å². The topological polar surface area (TPSA) is 38.9 Å². The van der Waals surface area contributed by atoms with Crippen molar-refractivity contribution in [3.8, 4) is 11.5 Å². The number of aryl methyl sites for hydroxylation is 1. The maximum Gasteiger partial charge on any atom is 0.248 e. The van der Waals surface area contributed by atoms with Gasteiger partial charge in [0.1, 0.15) is 0 Å². The van der Waals surface area contributed by atoms with E-state index in [0.29, 0.717) is 11.8 Å². The second-order valence-electron chi connectivity index (χ2n) is 5.47. The van der Waals surface area contributed by atoms with Crippen LogP contribution in [0.5, 0.6) is 0 Å². The molecule has 20 heavy (non-hydrogen) atoms. The van der Waals surface area contributed by atoms with Crippen molar-refractivity contribution in [2.45, 2.75) is 39.0 Å². The van der Waals surface area contributed by atoms with Crippen LogP contribution in [0, 0.1) is 12.8 Å². The lowest BCUT2D eigenvalue weighted by molar-refractivity contribution is 0.420. The van der Waals surface area contributed by atoms with Gasteiger partial charge in [0.15, 0.2) is 0 Å². The van der Waals surface area contributed by atoms with E-state index in [9.17, 15) is 0 Å². The zero-order valence-corrected chi connectivity index (χ0v) is 11.9. The van der Waals surface area contributed by atoms with Crippen LogP contribution in [-0.2, 0) is 0 Å². The number of nitrogens with zero attached hydrogens (tertiary/aromatic N) is 2. The molecule has 1 aliphatic rings. The fraction of sp³-hybridized carbons (Fsp3) is 0.412. The highest BCUT2D eigenvalue weighted by Crippen LogP contribution is 2.27. The molecule has 1 aliphatic carbocycles. The van der Waals surface area contributed by atoms with Gasteiger partial charge in [-0.2, -0.15) is 0 Å². The maximum absolute atomic E-state index is 5.55. The lowest BCUT2D eigenvalue weighted by Crippen LogP contribution is -2.02. The van der Waals surface area contributed by atoms with Crippen molar-refractivity contribution in [1.82, 2.24) is 10.2 Å². The Kier molecular flexibility index (Phi) is 3.95. The molecular weight excluding hydrogens is 248 g/mol. The van der Waals surface area contributed by atoms with Crippen LogP contribution in [0.1, 0.15) is 43.6 Å². The Morgan fingerprint density at radius 2 is 1.90 bits per heavy atom. The Bertz CT molecular complexity index is 595. The Labute approximate surface area is 119 Å². The van der Waals surface area contributed by atoms with Crippen LogP contribution in [0.25, 0.3) is 17.5 Å². The Balaban J connectivity index is 1.84. The van der Waals surface area contributed by atoms with Gasteiger partial charge in [-0.25, -0.2) is 0 Å². The molecule has 1 aromatic heterocycles. The molecule has 3 heteroatoms. The SMILES string of the molecule is Cc1nnc(-c2ccccc2C=CC2CCCCC2)o1. The minimum atomic E-state index is 0.603. The lowest BCUT2D eigenvalue weighted by atomic mass is 9.88. The van der Waals surface area contributed by atoms with Gasteiger partial charge in [-0.15, -0.1) is 10.2 Å². The smallest absolute Gasteiger partial charge is 0.248 e. The summed E-state index contributed by atoms with van der Waals surface area (Å²) in [5.74, 6) is 1.93. The number of allylic oxidation sites excluding steroid dienone is 1. The molecular formula is C17H20N2O. The average molecular weight is 268 g/mol. The molecule has 104 valence electrons. The Morgan fingerprint density at radius 3 is 2.65 bits per heavy atom. The molecule has 2 aromatic rings. The molecule has 1 heterocycles. The molecule has 0 amide bonds. The highest BCUT2D eigenvalue weighted by atomic mass is 16.4. The molecule has 0 radical (unpaired) electrons. The number of rotatable bonds is 3. The first-order valence-corrected chi connectivity index (χ1v) is 7.40. The largest absolute Gasteiger partial charge is 0.421 e. The van der Waals surface area contributed by atoms with Gasteiger partial charge in [0, 0.05) is 12.5 Å². The predicted molar refractivity (Wildman–Crippen MR) is 80.1 cm³/mol. The summed E-state index contributed by atoms with van der Waals surface area (Å²) in [7, 11) is 0. The minimum absolute atomic E-state index is 0.603. The van der Waals surface area contributed by atoms with Crippen molar-refractivity contribution < 1.29 is 4.42 Å². The van der Waals surface area contributed by atoms with Crippen LogP contribution in [0.15, 0.2) is 34.8 Å². The fourth-order valence-corrected chi connectivity index (χ4v) is 2.81. The Morgan fingerprint density at radius 1 is 1.10 bits per heavy atom. The van der Waals surface area contributed by atoms with E-state index in [-0.39, 0.29) is 0 Å². The summed E-state index contributed by atoms with van der Waals surface area (Å²) >= 11 is 0. The van der Waals surface area contributed by atoms with Gasteiger partial charge in [0.25, 0.3) is 0 Å². The van der Waals surface area contributed by atoms with Gasteiger partial charge in [-0.05, 0) is 30.4 Å². The molecule has 0 unspecified atom stereocenters. The van der Waals surface area contributed by atoms with E-state index in [2.05, 4.69) is 28.4 Å². The summed E-state index contributed by atoms with van der Waals surface area (Å²) in [5, 5.41) is 8.03. The van der Waals surface area contributed by atoms with Crippen LogP contribution < -0.4 is 0 Å². The number of benzene rings is 1. The van der Waals surface area contributed by atoms with E-state index in [0.717, 1.165) is 17.0 Å². The summed E-state index contributed by atoms with van der Waals surface area (Å²) in [6.45, 7) is 1.82. The van der Waals surface area contributed by atoms with Gasteiger partial charge in [0.05, 0.1) is 0 Å². The molecule has 3 nitrogen and oxygen atoms in total. The van der Waals surface area contributed by atoms with E-state index in [4.69, 9.17) is 4.42 Å². The molecule has 0 aliphatic heterocycles. The van der Waals surface area contributed by atoms with Crippen LogP contribution in [0.4, 0.5) is 0 Å². The summed E-state index contributed by atoms with van der Waals surface area (Å²) < 4.78 is 5.55. The molecule has 1 saturated carbocycles. The Hall–Kier alpha value is -1.90. The number of hydrogen-bond donors (Lipinski definition) is 0. The van der Waals surface area contributed by atoms with Crippen LogP contribution in [0.2, 0.25) is 0 Å². The van der Waals surface area contributed by atoms with Crippen molar-refractivity contribution in [1.29, 1.82) is 0 Å². The van der Waals surface area contributed by atoms with Gasteiger partial charge in [0.2, 0.25) is 11.8 Å². The third-order valence-electron chi connectivity index (χ3n) is 3.92. The van der Waals surface area contributed by atoms with Crippen molar-refractivity contribution in [3.05, 3.63) is 41.8 Å². The first-order valence-electron chi connectivity index (χ1n) is 7.40. The normalized spacial score (nSPS) is 16.9. The van der Waals surface area contributed by atoms with E-state index in [1.54, 1.807) is 0 Å². The quantitative estimate of drug-likeness (QED) is 0.814. The van der Waals surface area contributed by atoms with Crippen molar-refractivity contribution in [2.24, 2.45) is 5.92 Å². The van der Waals surface area contributed by atoms with Crippen molar-refractivity contribution in [2.75, 3.05) is 0 Å². The third-order valence-corrected chi connectivity index (χ3v) is 3.92. The van der Waals surface area contributed by atoms with Crippen LogP contribution in [-0.4, -0.2) is 10.2 Å². The molecule has 1 fully saturated rings. The van der Waals surface area contributed by atoms with Gasteiger partial charge in [-0.3, -0.25) is 0 Å². The van der Waals surface area contributed by atoms with Gasteiger partial charge in [-0.1, -0.05) is 49.6 Å². The van der Waals surface area contributed by atoms with E-state index >= 15 is 0 Å². The molecule has 0 atom stereocenters. The third kappa shape index (κ3) is 2.98. The van der Waals surface area contributed by atoms with Crippen LogP contribution >= 0.6 is 0 Å². The number of aromatic nitrogens is 2. The number of hydrogen-bond acceptors (Lipinski definition) is 3. The van der Waals surface area contributed by atoms with Gasteiger partial charge >= 0.3 is 0 Å². The van der Waals surface area contributed by atoms with Crippen LogP contribution in [0.3, 0.4) is 0 Å². The van der Waals surface area contributed by atoms with E-state index in [1.807, 2.05) is 25.1 Å². The second kappa shape index (κ2) is 6.04. The highest BCUT2D eigenvalue weighted by Gasteiger charge is 2.12. The standard InChI is InChI=1S/C17H20N2O/c1-13-18-19-17(20-13)16-10-6-5-9-15(16)12-11-14-7-3-2-4-8-14/h5-6,9-12,14H,2-4,7-8H2,1H3. The first-order chi connectivity index (χ1) is 9.83. The van der Waals surface area contributed by atoms with Crippen molar-refractivity contribution in [3.63, 3.8) is 0 Å². The molecule has 3 rings (SSSR count). The van der Waals surface area contributed by atoms with E-state index < -0.39 is 0 Å². The molecule has 1 aromatic carbocycles. The second-order valence-corrected chi connectivity index (χ2v) is 5.47. The maximum atomic E-state index is 5.55. The molecule has 0 saturated heterocycles. The summed E-state index contributed by atoms with van der Waals surface area (Å²) in [4.78, 5) is 0. The summed E-state index contributed by atoms with van der Waals surface area (Å²) in [6.07, 6.45) is 11.3. The fourth-order valence-electron chi connectivity index (χ4n) is 2.81. The predicted octanol–water partition coefficient (Wildman–Crippen LogP) is 4.64. The summed E-state index contributed by atoms with van der Waals surface area (Å²) in [5.41, 5.74) is 2.17. The van der Waals surface area contributed by atoms with E-state index in [1.165, 1.54) is 32.1 Å². The van der Waals surface area contributed by atoms with Gasteiger partial charge < -0.3 is 4.42 Å². The first kappa shape index (κ1) is 13.1. The average Bonchev–Trinajstić information content (AvgIpc) is 2.93. The zero-order chi connectivity index (χ0) is 13.8. The summed E-state index contributed by atoms with van der Waals surface area (Å²) in [6, 6.07) is 8.20. The highest BCUT2D eigenvalue weighted by molar-refractivity contribution is 5.69.